The first kappa shape index (κ1) is 14.9. The lowest BCUT2D eigenvalue weighted by Crippen LogP contribution is -2.30. The molecule has 0 saturated carbocycles. The minimum Gasteiger partial charge on any atom is -0.315 e. The molecule has 0 radical (unpaired) electrons. The molecule has 92 valence electrons. The molecule has 0 aliphatic heterocycles. The highest BCUT2D eigenvalue weighted by Crippen LogP contribution is 2.00. The van der Waals surface area contributed by atoms with Crippen LogP contribution in [0.25, 0.3) is 0 Å². The number of hydrogen-bond donors (Lipinski definition) is 2. The highest BCUT2D eigenvalue weighted by Gasteiger charge is 1.92. The summed E-state index contributed by atoms with van der Waals surface area (Å²) >= 11 is 0. The first-order valence-electron chi connectivity index (χ1n) is 6.68. The van der Waals surface area contributed by atoms with Crippen molar-refractivity contribution in [1.29, 1.82) is 0 Å². The normalized spacial score (nSPS) is 11.2. The molecule has 2 N–H and O–H groups in total. The first-order chi connectivity index (χ1) is 7.27. The Morgan fingerprint density at radius 1 is 0.800 bits per heavy atom. The fourth-order valence-corrected chi connectivity index (χ4v) is 1.55. The maximum atomic E-state index is 3.47. The summed E-state index contributed by atoms with van der Waals surface area (Å²) in [5.41, 5.74) is 0. The van der Waals surface area contributed by atoms with E-state index in [9.17, 15) is 0 Å². The summed E-state index contributed by atoms with van der Waals surface area (Å²) in [6.45, 7) is 11.3. The molecule has 0 aliphatic rings. The van der Waals surface area contributed by atoms with Crippen LogP contribution in [0.5, 0.6) is 0 Å². The predicted octanol–water partition coefficient (Wildman–Crippen LogP) is 2.79. The Bertz CT molecular complexity index is 113. The molecular weight excluding hydrogens is 184 g/mol. The van der Waals surface area contributed by atoms with Gasteiger partial charge in [-0.25, -0.2) is 0 Å². The maximum absolute atomic E-state index is 3.47. The minimum atomic E-state index is 0.763. The summed E-state index contributed by atoms with van der Waals surface area (Å²) in [6.07, 6.45) is 6.87. The summed E-state index contributed by atoms with van der Waals surface area (Å²) in [5.74, 6) is 0.763. The Morgan fingerprint density at radius 3 is 2.13 bits per heavy atom. The number of rotatable bonds is 11. The molecule has 0 aromatic carbocycles. The van der Waals surface area contributed by atoms with E-state index in [2.05, 4.69) is 31.4 Å². The van der Waals surface area contributed by atoms with Crippen molar-refractivity contribution in [2.24, 2.45) is 5.92 Å². The van der Waals surface area contributed by atoms with Crippen molar-refractivity contribution in [3.63, 3.8) is 0 Å². The van der Waals surface area contributed by atoms with E-state index < -0.39 is 0 Å². The quantitative estimate of drug-likeness (QED) is 0.517. The minimum absolute atomic E-state index is 0.763. The van der Waals surface area contributed by atoms with E-state index in [4.69, 9.17) is 0 Å². The molecule has 0 unspecified atom stereocenters. The monoisotopic (exact) mass is 214 g/mol. The molecule has 2 heteroatoms. The lowest BCUT2D eigenvalue weighted by molar-refractivity contribution is 0.525. The summed E-state index contributed by atoms with van der Waals surface area (Å²) < 4.78 is 0. The molecule has 0 aromatic heterocycles. The third-order valence-corrected chi connectivity index (χ3v) is 2.49. The third kappa shape index (κ3) is 13.9. The van der Waals surface area contributed by atoms with E-state index in [-0.39, 0.29) is 0 Å². The Hall–Kier alpha value is -0.0800. The van der Waals surface area contributed by atoms with E-state index in [0.717, 1.165) is 25.6 Å². The Morgan fingerprint density at radius 2 is 1.47 bits per heavy atom. The van der Waals surface area contributed by atoms with Crippen molar-refractivity contribution in [3.05, 3.63) is 0 Å². The maximum Gasteiger partial charge on any atom is 0.00768 e. The van der Waals surface area contributed by atoms with Gasteiger partial charge in [-0.05, 0) is 25.4 Å². The zero-order chi connectivity index (χ0) is 11.4. The average Bonchev–Trinajstić information content (AvgIpc) is 2.20. The van der Waals surface area contributed by atoms with Gasteiger partial charge < -0.3 is 10.6 Å². The van der Waals surface area contributed by atoms with E-state index in [1.165, 1.54) is 38.6 Å². The van der Waals surface area contributed by atoms with Gasteiger partial charge in [0.25, 0.3) is 0 Å². The van der Waals surface area contributed by atoms with Crippen molar-refractivity contribution >= 4 is 0 Å². The molecule has 0 rings (SSSR count). The lowest BCUT2D eigenvalue weighted by Gasteiger charge is -2.08. The van der Waals surface area contributed by atoms with Crippen molar-refractivity contribution in [2.75, 3.05) is 26.2 Å². The van der Waals surface area contributed by atoms with E-state index in [0.29, 0.717) is 0 Å². The second-order valence-electron chi connectivity index (χ2n) is 4.76. The topological polar surface area (TPSA) is 24.1 Å². The molecular formula is C13H30N2. The SMILES string of the molecule is CCCCCCCNCCNCC(C)C. The summed E-state index contributed by atoms with van der Waals surface area (Å²) in [5, 5.41) is 6.91. The number of unbranched alkanes of at least 4 members (excludes halogenated alkanes) is 4. The van der Waals surface area contributed by atoms with Crippen LogP contribution in [0.1, 0.15) is 52.9 Å². The molecule has 0 aromatic rings. The van der Waals surface area contributed by atoms with Gasteiger partial charge in [-0.2, -0.15) is 0 Å². The molecule has 0 fully saturated rings. The van der Waals surface area contributed by atoms with Crippen LogP contribution in [0.15, 0.2) is 0 Å². The van der Waals surface area contributed by atoms with Crippen LogP contribution in [0.2, 0.25) is 0 Å². The highest BCUT2D eigenvalue weighted by atomic mass is 14.9. The fourth-order valence-electron chi connectivity index (χ4n) is 1.55. The zero-order valence-corrected chi connectivity index (χ0v) is 10.9. The van der Waals surface area contributed by atoms with Gasteiger partial charge in [0.15, 0.2) is 0 Å². The molecule has 0 amide bonds. The largest absolute Gasteiger partial charge is 0.315 e. The average molecular weight is 214 g/mol. The highest BCUT2D eigenvalue weighted by molar-refractivity contribution is 4.54. The molecule has 2 nitrogen and oxygen atoms in total. The predicted molar refractivity (Wildman–Crippen MR) is 69.3 cm³/mol. The van der Waals surface area contributed by atoms with Gasteiger partial charge in [0.1, 0.15) is 0 Å². The van der Waals surface area contributed by atoms with Crippen LogP contribution < -0.4 is 10.6 Å². The van der Waals surface area contributed by atoms with E-state index in [1.807, 2.05) is 0 Å². The summed E-state index contributed by atoms with van der Waals surface area (Å²) in [6, 6.07) is 0. The Labute approximate surface area is 96.2 Å². The molecule has 0 spiro atoms. The van der Waals surface area contributed by atoms with Gasteiger partial charge in [-0.15, -0.1) is 0 Å². The van der Waals surface area contributed by atoms with Crippen LogP contribution in [0.3, 0.4) is 0 Å². The molecule has 15 heavy (non-hydrogen) atoms. The van der Waals surface area contributed by atoms with Gasteiger partial charge >= 0.3 is 0 Å². The lowest BCUT2D eigenvalue weighted by atomic mass is 10.1. The van der Waals surface area contributed by atoms with E-state index >= 15 is 0 Å². The van der Waals surface area contributed by atoms with Crippen LogP contribution in [-0.4, -0.2) is 26.2 Å². The second kappa shape index (κ2) is 12.0. The van der Waals surface area contributed by atoms with Crippen LogP contribution >= 0.6 is 0 Å². The van der Waals surface area contributed by atoms with Gasteiger partial charge in [0, 0.05) is 13.1 Å². The number of hydrogen-bond acceptors (Lipinski definition) is 2. The fraction of sp³-hybridized carbons (Fsp3) is 1.00. The van der Waals surface area contributed by atoms with Gasteiger partial charge in [0.2, 0.25) is 0 Å². The Balaban J connectivity index is 2.87. The van der Waals surface area contributed by atoms with Gasteiger partial charge in [-0.1, -0.05) is 46.5 Å². The van der Waals surface area contributed by atoms with Crippen molar-refractivity contribution < 1.29 is 0 Å². The molecule has 0 atom stereocenters. The second-order valence-corrected chi connectivity index (χ2v) is 4.76. The number of nitrogens with one attached hydrogen (secondary N) is 2. The zero-order valence-electron chi connectivity index (χ0n) is 10.9. The smallest absolute Gasteiger partial charge is 0.00768 e. The van der Waals surface area contributed by atoms with Gasteiger partial charge in [0.05, 0.1) is 0 Å². The molecule has 0 saturated heterocycles. The summed E-state index contributed by atoms with van der Waals surface area (Å²) in [4.78, 5) is 0. The van der Waals surface area contributed by atoms with Crippen LogP contribution in [0, 0.1) is 5.92 Å². The molecule has 0 bridgehead atoms. The van der Waals surface area contributed by atoms with Crippen LogP contribution in [0.4, 0.5) is 0 Å². The standard InChI is InChI=1S/C13H30N2/c1-4-5-6-7-8-9-14-10-11-15-12-13(2)3/h13-15H,4-12H2,1-3H3. The third-order valence-electron chi connectivity index (χ3n) is 2.49. The van der Waals surface area contributed by atoms with Crippen molar-refractivity contribution in [2.45, 2.75) is 52.9 Å². The van der Waals surface area contributed by atoms with E-state index in [1.54, 1.807) is 0 Å². The van der Waals surface area contributed by atoms with Crippen molar-refractivity contribution in [3.8, 4) is 0 Å². The first-order valence-corrected chi connectivity index (χ1v) is 6.68. The Kier molecular flexibility index (Phi) is 11.9. The van der Waals surface area contributed by atoms with Gasteiger partial charge in [-0.3, -0.25) is 0 Å². The van der Waals surface area contributed by atoms with Crippen LogP contribution in [-0.2, 0) is 0 Å². The van der Waals surface area contributed by atoms with Crippen molar-refractivity contribution in [1.82, 2.24) is 10.6 Å². The summed E-state index contributed by atoms with van der Waals surface area (Å²) in [7, 11) is 0. The molecule has 0 heterocycles. The molecule has 0 aliphatic carbocycles.